The second kappa shape index (κ2) is 12.5. The maximum atomic E-state index is 12.4. The molecule has 7 nitrogen and oxygen atoms in total. The molecule has 0 aliphatic carbocycles. The Morgan fingerprint density at radius 1 is 1.16 bits per heavy atom. The molecule has 10 heteroatoms. The van der Waals surface area contributed by atoms with Crippen molar-refractivity contribution in [2.24, 2.45) is 0 Å². The Bertz CT molecular complexity index is 997. The summed E-state index contributed by atoms with van der Waals surface area (Å²) in [4.78, 5) is 23.1. The zero-order valence-corrected chi connectivity index (χ0v) is 20.3. The molecule has 2 heterocycles. The molecule has 0 radical (unpaired) electrons. The largest absolute Gasteiger partial charge is 0.457 e. The zero-order valence-electron chi connectivity index (χ0n) is 17.8. The van der Waals surface area contributed by atoms with Crippen LogP contribution in [0.2, 0.25) is 0 Å². The van der Waals surface area contributed by atoms with Crippen molar-refractivity contribution in [1.82, 2.24) is 20.2 Å². The lowest BCUT2D eigenvalue weighted by molar-refractivity contribution is 0.0950. The molecule has 1 amide bonds. The van der Waals surface area contributed by atoms with Crippen molar-refractivity contribution in [2.45, 2.75) is 13.8 Å². The third-order valence-corrected chi connectivity index (χ3v) is 4.98. The van der Waals surface area contributed by atoms with Crippen molar-refractivity contribution in [3.63, 3.8) is 0 Å². The SMILES string of the molecule is Cc1csc(Nc2cc(Oc3cc(C(=O)NCCN(C)C)ccc3C)ccn2)n1.Cl.Cl. The van der Waals surface area contributed by atoms with Crippen LogP contribution >= 0.6 is 36.2 Å². The van der Waals surface area contributed by atoms with Gasteiger partial charge in [0.1, 0.15) is 17.3 Å². The molecule has 1 aromatic carbocycles. The minimum absolute atomic E-state index is 0. The van der Waals surface area contributed by atoms with Crippen LogP contribution in [-0.2, 0) is 0 Å². The average molecular weight is 484 g/mol. The van der Waals surface area contributed by atoms with Crippen LogP contribution < -0.4 is 15.4 Å². The van der Waals surface area contributed by atoms with E-state index in [0.717, 1.165) is 22.9 Å². The minimum Gasteiger partial charge on any atom is -0.457 e. The number of nitrogens with one attached hydrogen (secondary N) is 2. The van der Waals surface area contributed by atoms with Gasteiger partial charge in [-0.05, 0) is 51.7 Å². The van der Waals surface area contributed by atoms with Gasteiger partial charge in [0.05, 0.1) is 5.69 Å². The van der Waals surface area contributed by atoms with Crippen molar-refractivity contribution in [3.8, 4) is 11.5 Å². The molecular formula is C21H27Cl2N5O2S. The summed E-state index contributed by atoms with van der Waals surface area (Å²) in [6.45, 7) is 5.26. The van der Waals surface area contributed by atoms with E-state index in [-0.39, 0.29) is 30.7 Å². The molecule has 0 saturated heterocycles. The maximum absolute atomic E-state index is 12.4. The fourth-order valence-electron chi connectivity index (χ4n) is 2.54. The highest BCUT2D eigenvalue weighted by Gasteiger charge is 2.10. The molecule has 0 atom stereocenters. The first-order valence-corrected chi connectivity index (χ1v) is 10.2. The summed E-state index contributed by atoms with van der Waals surface area (Å²) in [6, 6.07) is 9.03. The molecule has 2 aromatic heterocycles. The predicted octanol–water partition coefficient (Wildman–Crippen LogP) is 4.83. The van der Waals surface area contributed by atoms with Gasteiger partial charge >= 0.3 is 0 Å². The number of carbonyl (C=O) groups is 1. The highest BCUT2D eigenvalue weighted by molar-refractivity contribution is 7.13. The van der Waals surface area contributed by atoms with Crippen LogP contribution in [0.4, 0.5) is 10.9 Å². The summed E-state index contributed by atoms with van der Waals surface area (Å²) in [5.74, 6) is 1.79. The summed E-state index contributed by atoms with van der Waals surface area (Å²) >= 11 is 1.52. The Hall–Kier alpha value is -2.39. The minimum atomic E-state index is -0.118. The van der Waals surface area contributed by atoms with Crippen molar-refractivity contribution < 1.29 is 9.53 Å². The molecule has 0 aliphatic rings. The molecule has 168 valence electrons. The van der Waals surface area contributed by atoms with E-state index in [1.807, 2.05) is 44.3 Å². The lowest BCUT2D eigenvalue weighted by atomic mass is 10.1. The molecule has 3 aromatic rings. The first-order valence-electron chi connectivity index (χ1n) is 9.27. The zero-order chi connectivity index (χ0) is 20.8. The van der Waals surface area contributed by atoms with Gasteiger partial charge in [-0.3, -0.25) is 4.79 Å². The highest BCUT2D eigenvalue weighted by atomic mass is 35.5. The second-order valence-corrected chi connectivity index (χ2v) is 7.80. The fourth-order valence-corrected chi connectivity index (χ4v) is 3.23. The van der Waals surface area contributed by atoms with Gasteiger partial charge in [0.25, 0.3) is 5.91 Å². The number of aromatic nitrogens is 2. The molecule has 0 saturated carbocycles. The number of likely N-dealkylation sites (N-methyl/N-ethyl adjacent to an activating group) is 1. The van der Waals surface area contributed by atoms with Gasteiger partial charge in [0, 0.05) is 36.3 Å². The van der Waals surface area contributed by atoms with Crippen LogP contribution in [0.15, 0.2) is 41.9 Å². The molecule has 0 fully saturated rings. The smallest absolute Gasteiger partial charge is 0.251 e. The van der Waals surface area contributed by atoms with E-state index in [2.05, 4.69) is 20.6 Å². The molecule has 31 heavy (non-hydrogen) atoms. The maximum Gasteiger partial charge on any atom is 0.251 e. The lowest BCUT2D eigenvalue weighted by Gasteiger charge is -2.13. The number of benzene rings is 1. The number of hydrogen-bond acceptors (Lipinski definition) is 7. The van der Waals surface area contributed by atoms with E-state index in [1.165, 1.54) is 11.3 Å². The number of rotatable bonds is 8. The Morgan fingerprint density at radius 3 is 2.61 bits per heavy atom. The summed E-state index contributed by atoms with van der Waals surface area (Å²) in [5.41, 5.74) is 2.47. The van der Waals surface area contributed by atoms with Crippen molar-refractivity contribution in [3.05, 3.63) is 58.7 Å². The van der Waals surface area contributed by atoms with E-state index >= 15 is 0 Å². The number of carbonyl (C=O) groups excluding carboxylic acids is 1. The number of amides is 1. The summed E-state index contributed by atoms with van der Waals surface area (Å²) in [7, 11) is 3.94. The highest BCUT2D eigenvalue weighted by Crippen LogP contribution is 2.28. The van der Waals surface area contributed by atoms with Gasteiger partial charge in [-0.2, -0.15) is 0 Å². The van der Waals surface area contributed by atoms with E-state index in [4.69, 9.17) is 4.74 Å². The number of pyridine rings is 1. The van der Waals surface area contributed by atoms with Gasteiger partial charge in [-0.25, -0.2) is 9.97 Å². The van der Waals surface area contributed by atoms with E-state index in [1.54, 1.807) is 30.5 Å². The van der Waals surface area contributed by atoms with Crippen LogP contribution in [-0.4, -0.2) is 48.0 Å². The van der Waals surface area contributed by atoms with Crippen molar-refractivity contribution in [1.29, 1.82) is 0 Å². The Balaban J connectivity index is 0.00000240. The Kier molecular flexibility index (Phi) is 10.7. The Morgan fingerprint density at radius 2 is 1.94 bits per heavy atom. The van der Waals surface area contributed by atoms with Crippen LogP contribution in [0.5, 0.6) is 11.5 Å². The van der Waals surface area contributed by atoms with Crippen LogP contribution in [0, 0.1) is 13.8 Å². The van der Waals surface area contributed by atoms with E-state index in [9.17, 15) is 4.79 Å². The standard InChI is InChI=1S/C21H25N5O2S.2ClH/c1-14-5-6-16(20(27)23-9-10-26(3)4)11-18(14)28-17-7-8-22-19(12-17)25-21-24-15(2)13-29-21;;/h5-8,11-13H,9-10H2,1-4H3,(H,23,27)(H,22,24,25);2*1H. The van der Waals surface area contributed by atoms with Crippen LogP contribution in [0.25, 0.3) is 0 Å². The van der Waals surface area contributed by atoms with Crippen LogP contribution in [0.1, 0.15) is 21.6 Å². The summed E-state index contributed by atoms with van der Waals surface area (Å²) in [6.07, 6.45) is 1.67. The molecule has 0 aliphatic heterocycles. The van der Waals surface area contributed by atoms with Crippen molar-refractivity contribution in [2.75, 3.05) is 32.5 Å². The topological polar surface area (TPSA) is 79.4 Å². The van der Waals surface area contributed by atoms with Gasteiger partial charge in [-0.15, -0.1) is 36.2 Å². The van der Waals surface area contributed by atoms with Gasteiger partial charge in [0.2, 0.25) is 0 Å². The number of nitrogens with zero attached hydrogens (tertiary/aromatic N) is 3. The third kappa shape index (κ3) is 7.99. The van der Waals surface area contributed by atoms with Gasteiger partial charge in [-0.1, -0.05) is 6.07 Å². The second-order valence-electron chi connectivity index (χ2n) is 6.94. The molecule has 0 unspecified atom stereocenters. The fraction of sp³-hybridized carbons (Fsp3) is 0.286. The predicted molar refractivity (Wildman–Crippen MR) is 131 cm³/mol. The Labute approximate surface area is 199 Å². The number of halogens is 2. The van der Waals surface area contributed by atoms with Crippen LogP contribution in [0.3, 0.4) is 0 Å². The number of anilines is 2. The lowest BCUT2D eigenvalue weighted by Crippen LogP contribution is -2.31. The van der Waals surface area contributed by atoms with Gasteiger partial charge < -0.3 is 20.3 Å². The van der Waals surface area contributed by atoms with E-state index < -0.39 is 0 Å². The molecule has 3 rings (SSSR count). The number of hydrogen-bond donors (Lipinski definition) is 2. The van der Waals surface area contributed by atoms with Gasteiger partial charge in [0.15, 0.2) is 5.13 Å². The monoisotopic (exact) mass is 483 g/mol. The third-order valence-electron chi connectivity index (χ3n) is 4.11. The first-order chi connectivity index (χ1) is 13.9. The number of aryl methyl sites for hydroxylation is 2. The normalized spacial score (nSPS) is 10.1. The molecular weight excluding hydrogens is 457 g/mol. The average Bonchev–Trinajstić information content (AvgIpc) is 3.08. The summed E-state index contributed by atoms with van der Waals surface area (Å²) in [5, 5.41) is 8.84. The molecule has 0 spiro atoms. The molecule has 2 N–H and O–H groups in total. The quantitative estimate of drug-likeness (QED) is 0.477. The summed E-state index contributed by atoms with van der Waals surface area (Å²) < 4.78 is 6.04. The molecule has 0 bridgehead atoms. The first kappa shape index (κ1) is 26.6. The number of thiazole rings is 1. The number of ether oxygens (including phenoxy) is 1. The van der Waals surface area contributed by atoms with E-state index in [0.29, 0.717) is 29.4 Å². The van der Waals surface area contributed by atoms with Crippen molar-refractivity contribution >= 4 is 53.0 Å².